The van der Waals surface area contributed by atoms with Crippen molar-refractivity contribution in [2.24, 2.45) is 0 Å². The summed E-state index contributed by atoms with van der Waals surface area (Å²) >= 11 is 0. The second kappa shape index (κ2) is 6.28. The van der Waals surface area contributed by atoms with E-state index in [1.807, 2.05) is 38.1 Å². The molecule has 0 saturated heterocycles. The van der Waals surface area contributed by atoms with Gasteiger partial charge in [0.2, 0.25) is 5.75 Å². The van der Waals surface area contributed by atoms with Crippen molar-refractivity contribution in [1.82, 2.24) is 4.98 Å². The van der Waals surface area contributed by atoms with Crippen LogP contribution < -0.4 is 14.2 Å². The second-order valence-corrected chi connectivity index (χ2v) is 4.62. The maximum atomic E-state index is 5.78. The van der Waals surface area contributed by atoms with Crippen molar-refractivity contribution >= 4 is 0 Å². The van der Waals surface area contributed by atoms with Crippen LogP contribution in [0.2, 0.25) is 0 Å². The third kappa shape index (κ3) is 3.02. The van der Waals surface area contributed by atoms with Crippen LogP contribution in [0.1, 0.15) is 13.8 Å². The average molecular weight is 273 g/mol. The van der Waals surface area contributed by atoms with Crippen LogP contribution in [0, 0.1) is 0 Å². The molecule has 0 aliphatic heterocycles. The number of hydrogen-bond acceptors (Lipinski definition) is 4. The average Bonchev–Trinajstić information content (AvgIpc) is 2.47. The molecule has 0 fully saturated rings. The lowest BCUT2D eigenvalue weighted by Crippen LogP contribution is -2.08. The molecule has 2 aromatic rings. The highest BCUT2D eigenvalue weighted by Crippen LogP contribution is 2.41. The van der Waals surface area contributed by atoms with Gasteiger partial charge in [-0.15, -0.1) is 0 Å². The van der Waals surface area contributed by atoms with Crippen molar-refractivity contribution in [3.8, 4) is 28.4 Å². The molecule has 1 heterocycles. The number of aromatic nitrogens is 1. The zero-order valence-corrected chi connectivity index (χ0v) is 12.2. The lowest BCUT2D eigenvalue weighted by Gasteiger charge is -2.18. The molecule has 0 unspecified atom stereocenters. The minimum absolute atomic E-state index is 0.0436. The van der Waals surface area contributed by atoms with Gasteiger partial charge in [-0.1, -0.05) is 6.07 Å². The number of hydrogen-bond donors (Lipinski definition) is 0. The number of pyridine rings is 1. The van der Waals surface area contributed by atoms with Gasteiger partial charge in [0.1, 0.15) is 0 Å². The van der Waals surface area contributed by atoms with E-state index in [2.05, 4.69) is 4.98 Å². The lowest BCUT2D eigenvalue weighted by atomic mass is 10.1. The van der Waals surface area contributed by atoms with E-state index >= 15 is 0 Å². The first kappa shape index (κ1) is 14.2. The molecule has 106 valence electrons. The number of benzene rings is 1. The quantitative estimate of drug-likeness (QED) is 0.835. The number of rotatable bonds is 5. The molecule has 0 saturated carbocycles. The Morgan fingerprint density at radius 2 is 1.65 bits per heavy atom. The standard InChI is InChI=1S/C16H19NO3/c1-11(2)20-16-14(18-3)8-13(9-15(16)19-4)12-6-5-7-17-10-12/h5-11H,1-4H3. The van der Waals surface area contributed by atoms with Crippen LogP contribution >= 0.6 is 0 Å². The van der Waals surface area contributed by atoms with Gasteiger partial charge in [-0.25, -0.2) is 0 Å². The number of ether oxygens (including phenoxy) is 3. The highest BCUT2D eigenvalue weighted by molar-refractivity contribution is 5.70. The summed E-state index contributed by atoms with van der Waals surface area (Å²) in [5.74, 6) is 1.92. The third-order valence-electron chi connectivity index (χ3n) is 2.81. The van der Waals surface area contributed by atoms with Crippen LogP contribution in [0.3, 0.4) is 0 Å². The first-order valence-corrected chi connectivity index (χ1v) is 6.48. The Balaban J connectivity index is 2.52. The summed E-state index contributed by atoms with van der Waals surface area (Å²) in [6, 6.07) is 7.74. The number of nitrogens with zero attached hydrogens (tertiary/aromatic N) is 1. The van der Waals surface area contributed by atoms with E-state index in [0.717, 1.165) is 11.1 Å². The van der Waals surface area contributed by atoms with E-state index in [0.29, 0.717) is 17.2 Å². The molecule has 4 nitrogen and oxygen atoms in total. The van der Waals surface area contributed by atoms with Gasteiger partial charge < -0.3 is 14.2 Å². The van der Waals surface area contributed by atoms with E-state index in [1.54, 1.807) is 26.6 Å². The molecule has 0 atom stereocenters. The fourth-order valence-corrected chi connectivity index (χ4v) is 1.93. The van der Waals surface area contributed by atoms with Gasteiger partial charge in [-0.05, 0) is 37.6 Å². The summed E-state index contributed by atoms with van der Waals surface area (Å²) in [6.07, 6.45) is 3.59. The molecule has 0 amide bonds. The molecular formula is C16H19NO3. The summed E-state index contributed by atoms with van der Waals surface area (Å²) in [4.78, 5) is 4.13. The van der Waals surface area contributed by atoms with Crippen molar-refractivity contribution in [1.29, 1.82) is 0 Å². The SMILES string of the molecule is COc1cc(-c2cccnc2)cc(OC)c1OC(C)C. The Hall–Kier alpha value is -2.23. The molecule has 0 N–H and O–H groups in total. The molecule has 0 aliphatic rings. The van der Waals surface area contributed by atoms with Crippen molar-refractivity contribution in [2.75, 3.05) is 14.2 Å². The molecule has 0 aliphatic carbocycles. The molecule has 0 bridgehead atoms. The summed E-state index contributed by atoms with van der Waals surface area (Å²) in [7, 11) is 3.24. The van der Waals surface area contributed by atoms with Crippen LogP contribution in [0.15, 0.2) is 36.7 Å². The van der Waals surface area contributed by atoms with Crippen molar-refractivity contribution in [3.63, 3.8) is 0 Å². The lowest BCUT2D eigenvalue weighted by molar-refractivity contribution is 0.218. The van der Waals surface area contributed by atoms with Gasteiger partial charge in [-0.3, -0.25) is 4.98 Å². The van der Waals surface area contributed by atoms with E-state index in [4.69, 9.17) is 14.2 Å². The maximum absolute atomic E-state index is 5.78. The monoisotopic (exact) mass is 273 g/mol. The van der Waals surface area contributed by atoms with Crippen LogP contribution in [0.4, 0.5) is 0 Å². The minimum Gasteiger partial charge on any atom is -0.493 e. The largest absolute Gasteiger partial charge is 0.493 e. The first-order chi connectivity index (χ1) is 9.65. The molecule has 0 radical (unpaired) electrons. The fraction of sp³-hybridized carbons (Fsp3) is 0.312. The predicted molar refractivity (Wildman–Crippen MR) is 78.5 cm³/mol. The van der Waals surface area contributed by atoms with E-state index in [1.165, 1.54) is 0 Å². The van der Waals surface area contributed by atoms with Gasteiger partial charge in [0.05, 0.1) is 20.3 Å². The molecule has 20 heavy (non-hydrogen) atoms. The van der Waals surface area contributed by atoms with Crippen molar-refractivity contribution in [3.05, 3.63) is 36.7 Å². The van der Waals surface area contributed by atoms with Crippen LogP contribution in [0.25, 0.3) is 11.1 Å². The van der Waals surface area contributed by atoms with E-state index in [-0.39, 0.29) is 6.10 Å². The smallest absolute Gasteiger partial charge is 0.203 e. The molecule has 1 aromatic carbocycles. The normalized spacial score (nSPS) is 10.4. The van der Waals surface area contributed by atoms with Gasteiger partial charge in [0, 0.05) is 18.0 Å². The highest BCUT2D eigenvalue weighted by atomic mass is 16.5. The maximum Gasteiger partial charge on any atom is 0.203 e. The Bertz CT molecular complexity index is 542. The summed E-state index contributed by atoms with van der Waals surface area (Å²) < 4.78 is 16.6. The van der Waals surface area contributed by atoms with Crippen molar-refractivity contribution < 1.29 is 14.2 Å². The molecule has 2 rings (SSSR count). The van der Waals surface area contributed by atoms with Crippen LogP contribution in [-0.4, -0.2) is 25.3 Å². The zero-order valence-electron chi connectivity index (χ0n) is 12.2. The van der Waals surface area contributed by atoms with Crippen molar-refractivity contribution in [2.45, 2.75) is 20.0 Å². The molecule has 4 heteroatoms. The summed E-state index contributed by atoms with van der Waals surface area (Å²) in [5.41, 5.74) is 1.98. The Labute approximate surface area is 119 Å². The summed E-state index contributed by atoms with van der Waals surface area (Å²) in [5, 5.41) is 0. The van der Waals surface area contributed by atoms with Gasteiger partial charge in [0.25, 0.3) is 0 Å². The van der Waals surface area contributed by atoms with Crippen LogP contribution in [0.5, 0.6) is 17.2 Å². The molecule has 1 aromatic heterocycles. The number of methoxy groups -OCH3 is 2. The fourth-order valence-electron chi connectivity index (χ4n) is 1.93. The predicted octanol–water partition coefficient (Wildman–Crippen LogP) is 3.55. The van der Waals surface area contributed by atoms with E-state index < -0.39 is 0 Å². The first-order valence-electron chi connectivity index (χ1n) is 6.48. The summed E-state index contributed by atoms with van der Waals surface area (Å²) in [6.45, 7) is 3.93. The van der Waals surface area contributed by atoms with Crippen LogP contribution in [-0.2, 0) is 0 Å². The molecule has 0 spiro atoms. The Kier molecular flexibility index (Phi) is 4.45. The highest BCUT2D eigenvalue weighted by Gasteiger charge is 2.16. The Morgan fingerprint density at radius 1 is 1.00 bits per heavy atom. The molecular weight excluding hydrogens is 254 g/mol. The van der Waals surface area contributed by atoms with Gasteiger partial charge in [-0.2, -0.15) is 0 Å². The third-order valence-corrected chi connectivity index (χ3v) is 2.81. The second-order valence-electron chi connectivity index (χ2n) is 4.62. The Morgan fingerprint density at radius 3 is 2.10 bits per heavy atom. The topological polar surface area (TPSA) is 40.6 Å². The zero-order chi connectivity index (χ0) is 14.5. The minimum atomic E-state index is 0.0436. The van der Waals surface area contributed by atoms with Gasteiger partial charge >= 0.3 is 0 Å². The van der Waals surface area contributed by atoms with Gasteiger partial charge in [0.15, 0.2) is 11.5 Å². The van der Waals surface area contributed by atoms with E-state index in [9.17, 15) is 0 Å².